The number of nitrogens with one attached hydrogen (secondary N) is 2. The van der Waals surface area contributed by atoms with Gasteiger partial charge in [-0.05, 0) is 60.9 Å². The molecule has 3 rings (SSSR count). The highest BCUT2D eigenvalue weighted by Crippen LogP contribution is 2.16. The molecule has 0 aliphatic rings. The van der Waals surface area contributed by atoms with E-state index in [9.17, 15) is 4.79 Å². The Balaban J connectivity index is 1.58. The van der Waals surface area contributed by atoms with Crippen molar-refractivity contribution in [1.29, 1.82) is 0 Å². The Morgan fingerprint density at radius 1 is 1.00 bits per heavy atom. The van der Waals surface area contributed by atoms with Crippen LogP contribution in [0.25, 0.3) is 5.69 Å². The lowest BCUT2D eigenvalue weighted by Crippen LogP contribution is -2.31. The van der Waals surface area contributed by atoms with Crippen LogP contribution in [-0.2, 0) is 6.42 Å². The first kappa shape index (κ1) is 16.8. The van der Waals surface area contributed by atoms with E-state index < -0.39 is 0 Å². The standard InChI is InChI=1S/C21H23N3O/c1-3-17-6-8-18(9-7-17)16(2)22-21(25)23-19-10-12-20(13-11-19)24-14-4-5-15-24/h4-16H,3H2,1-2H3,(H2,22,23,25). The van der Waals surface area contributed by atoms with Gasteiger partial charge >= 0.3 is 6.03 Å². The number of rotatable bonds is 5. The highest BCUT2D eigenvalue weighted by molar-refractivity contribution is 5.89. The average molecular weight is 333 g/mol. The van der Waals surface area contributed by atoms with Crippen molar-refractivity contribution in [3.63, 3.8) is 0 Å². The Morgan fingerprint density at radius 3 is 2.24 bits per heavy atom. The van der Waals surface area contributed by atoms with Gasteiger partial charge in [-0.1, -0.05) is 31.2 Å². The van der Waals surface area contributed by atoms with Crippen molar-refractivity contribution in [3.05, 3.63) is 84.2 Å². The second kappa shape index (κ2) is 7.71. The second-order valence-electron chi connectivity index (χ2n) is 6.05. The summed E-state index contributed by atoms with van der Waals surface area (Å²) < 4.78 is 2.02. The Labute approximate surface area is 148 Å². The summed E-state index contributed by atoms with van der Waals surface area (Å²) in [6, 6.07) is 19.8. The highest BCUT2D eigenvalue weighted by Gasteiger charge is 2.09. The number of carbonyl (C=O) groups excluding carboxylic acids is 1. The van der Waals surface area contributed by atoms with Gasteiger partial charge in [0.15, 0.2) is 0 Å². The molecule has 25 heavy (non-hydrogen) atoms. The molecule has 0 fully saturated rings. The van der Waals surface area contributed by atoms with Crippen molar-refractivity contribution in [2.24, 2.45) is 0 Å². The number of nitrogens with zero attached hydrogens (tertiary/aromatic N) is 1. The van der Waals surface area contributed by atoms with E-state index in [4.69, 9.17) is 0 Å². The third kappa shape index (κ3) is 4.29. The molecule has 1 atom stereocenters. The summed E-state index contributed by atoms with van der Waals surface area (Å²) >= 11 is 0. The fraction of sp³-hybridized carbons (Fsp3) is 0.190. The number of benzene rings is 2. The van der Waals surface area contributed by atoms with Crippen LogP contribution >= 0.6 is 0 Å². The Hall–Kier alpha value is -3.01. The maximum Gasteiger partial charge on any atom is 0.319 e. The van der Waals surface area contributed by atoms with Crippen molar-refractivity contribution >= 4 is 11.7 Å². The predicted octanol–water partition coefficient (Wildman–Crippen LogP) is 4.92. The summed E-state index contributed by atoms with van der Waals surface area (Å²) in [7, 11) is 0. The van der Waals surface area contributed by atoms with Gasteiger partial charge < -0.3 is 15.2 Å². The number of aryl methyl sites for hydroxylation is 1. The number of aromatic nitrogens is 1. The molecule has 2 aromatic carbocycles. The number of amides is 2. The van der Waals surface area contributed by atoms with Gasteiger partial charge in [-0.15, -0.1) is 0 Å². The van der Waals surface area contributed by atoms with Gasteiger partial charge in [0, 0.05) is 23.8 Å². The highest BCUT2D eigenvalue weighted by atomic mass is 16.2. The van der Waals surface area contributed by atoms with E-state index in [1.807, 2.05) is 60.3 Å². The van der Waals surface area contributed by atoms with E-state index in [2.05, 4.69) is 41.8 Å². The quantitative estimate of drug-likeness (QED) is 0.684. The average Bonchev–Trinajstić information content (AvgIpc) is 3.17. The third-order valence-electron chi connectivity index (χ3n) is 4.26. The van der Waals surface area contributed by atoms with Gasteiger partial charge in [0.1, 0.15) is 0 Å². The zero-order valence-corrected chi connectivity index (χ0v) is 14.6. The fourth-order valence-electron chi connectivity index (χ4n) is 2.71. The van der Waals surface area contributed by atoms with E-state index in [-0.39, 0.29) is 12.1 Å². The minimum atomic E-state index is -0.208. The summed E-state index contributed by atoms with van der Waals surface area (Å²) in [6.07, 6.45) is 4.99. The first-order valence-electron chi connectivity index (χ1n) is 8.55. The minimum absolute atomic E-state index is 0.0509. The zero-order chi connectivity index (χ0) is 17.6. The topological polar surface area (TPSA) is 46.1 Å². The van der Waals surface area contributed by atoms with Crippen molar-refractivity contribution in [3.8, 4) is 5.69 Å². The monoisotopic (exact) mass is 333 g/mol. The molecule has 1 heterocycles. The first-order chi connectivity index (χ1) is 12.2. The van der Waals surface area contributed by atoms with Gasteiger partial charge in [-0.3, -0.25) is 0 Å². The summed E-state index contributed by atoms with van der Waals surface area (Å²) in [5, 5.41) is 5.85. The largest absolute Gasteiger partial charge is 0.331 e. The number of carbonyl (C=O) groups is 1. The van der Waals surface area contributed by atoms with Crippen LogP contribution in [0.5, 0.6) is 0 Å². The second-order valence-corrected chi connectivity index (χ2v) is 6.05. The van der Waals surface area contributed by atoms with Gasteiger partial charge in [-0.25, -0.2) is 4.79 Å². The normalized spacial score (nSPS) is 11.8. The van der Waals surface area contributed by atoms with Crippen molar-refractivity contribution < 1.29 is 4.79 Å². The van der Waals surface area contributed by atoms with Crippen molar-refractivity contribution in [1.82, 2.24) is 9.88 Å². The number of anilines is 1. The third-order valence-corrected chi connectivity index (χ3v) is 4.26. The van der Waals surface area contributed by atoms with E-state index >= 15 is 0 Å². The Morgan fingerprint density at radius 2 is 1.64 bits per heavy atom. The predicted molar refractivity (Wildman–Crippen MR) is 102 cm³/mol. The van der Waals surface area contributed by atoms with Gasteiger partial charge in [0.2, 0.25) is 0 Å². The van der Waals surface area contributed by atoms with Gasteiger partial charge in [0.25, 0.3) is 0 Å². The first-order valence-corrected chi connectivity index (χ1v) is 8.55. The van der Waals surface area contributed by atoms with Crippen LogP contribution in [0.3, 0.4) is 0 Å². The Bertz CT molecular complexity index is 805. The molecule has 0 aliphatic carbocycles. The molecule has 4 heteroatoms. The lowest BCUT2D eigenvalue weighted by atomic mass is 10.1. The molecular weight excluding hydrogens is 310 g/mol. The van der Waals surface area contributed by atoms with Crippen LogP contribution < -0.4 is 10.6 Å². The van der Waals surface area contributed by atoms with Crippen LogP contribution in [0.15, 0.2) is 73.1 Å². The Kier molecular flexibility index (Phi) is 5.19. The molecule has 0 radical (unpaired) electrons. The minimum Gasteiger partial charge on any atom is -0.331 e. The van der Waals surface area contributed by atoms with Crippen LogP contribution in [0.4, 0.5) is 10.5 Å². The molecule has 1 unspecified atom stereocenters. The van der Waals surface area contributed by atoms with Crippen molar-refractivity contribution in [2.45, 2.75) is 26.3 Å². The SMILES string of the molecule is CCc1ccc(C(C)NC(=O)Nc2ccc(-n3cccc3)cc2)cc1. The fourth-order valence-corrected chi connectivity index (χ4v) is 2.71. The summed E-state index contributed by atoms with van der Waals surface area (Å²) in [4.78, 5) is 12.2. The molecule has 0 bridgehead atoms. The lowest BCUT2D eigenvalue weighted by Gasteiger charge is -2.15. The van der Waals surface area contributed by atoms with Crippen LogP contribution in [-0.4, -0.2) is 10.6 Å². The van der Waals surface area contributed by atoms with Crippen LogP contribution in [0.2, 0.25) is 0 Å². The zero-order valence-electron chi connectivity index (χ0n) is 14.6. The maximum absolute atomic E-state index is 12.2. The molecule has 0 saturated carbocycles. The van der Waals surface area contributed by atoms with Crippen LogP contribution in [0.1, 0.15) is 31.0 Å². The van der Waals surface area contributed by atoms with Crippen LogP contribution in [0, 0.1) is 0 Å². The summed E-state index contributed by atoms with van der Waals surface area (Å²) in [5.41, 5.74) is 4.21. The van der Waals surface area contributed by atoms with E-state index in [1.54, 1.807) is 0 Å². The molecule has 2 N–H and O–H groups in total. The summed E-state index contributed by atoms with van der Waals surface area (Å²) in [6.45, 7) is 4.11. The van der Waals surface area contributed by atoms with E-state index in [0.717, 1.165) is 23.4 Å². The molecule has 128 valence electrons. The molecule has 4 nitrogen and oxygen atoms in total. The lowest BCUT2D eigenvalue weighted by molar-refractivity contribution is 0.249. The van der Waals surface area contributed by atoms with Gasteiger partial charge in [0.05, 0.1) is 6.04 Å². The van der Waals surface area contributed by atoms with E-state index in [0.29, 0.717) is 0 Å². The molecule has 0 aliphatic heterocycles. The number of urea groups is 1. The molecule has 0 spiro atoms. The summed E-state index contributed by atoms with van der Waals surface area (Å²) in [5.74, 6) is 0. The van der Waals surface area contributed by atoms with Crippen molar-refractivity contribution in [2.75, 3.05) is 5.32 Å². The number of hydrogen-bond donors (Lipinski definition) is 2. The molecule has 1 aromatic heterocycles. The van der Waals surface area contributed by atoms with Gasteiger partial charge in [-0.2, -0.15) is 0 Å². The molecular formula is C21H23N3O. The van der Waals surface area contributed by atoms with E-state index in [1.165, 1.54) is 5.56 Å². The maximum atomic E-state index is 12.2. The molecule has 3 aromatic rings. The smallest absolute Gasteiger partial charge is 0.319 e. The molecule has 2 amide bonds. The number of hydrogen-bond acceptors (Lipinski definition) is 1. The molecule has 0 saturated heterocycles.